The second kappa shape index (κ2) is 7.52. The van der Waals surface area contributed by atoms with Crippen molar-refractivity contribution in [3.05, 3.63) is 88.2 Å². The normalized spacial score (nSPS) is 11.3. The van der Waals surface area contributed by atoms with Gasteiger partial charge in [0.25, 0.3) is 5.56 Å². The average molecular weight is 386 g/mol. The highest BCUT2D eigenvalue weighted by Gasteiger charge is 2.11. The summed E-state index contributed by atoms with van der Waals surface area (Å²) < 4.78 is 0. The zero-order chi connectivity index (χ0) is 20.4. The van der Waals surface area contributed by atoms with Crippen LogP contribution in [0.3, 0.4) is 0 Å². The highest BCUT2D eigenvalue weighted by molar-refractivity contribution is 6.02. The van der Waals surface area contributed by atoms with Gasteiger partial charge in [0.15, 0.2) is 11.5 Å². The van der Waals surface area contributed by atoms with Crippen LogP contribution in [-0.4, -0.2) is 26.5 Å². The molecule has 4 aromatic rings. The van der Waals surface area contributed by atoms with Crippen molar-refractivity contribution < 1.29 is 15.3 Å². The fourth-order valence-corrected chi connectivity index (χ4v) is 3.19. The van der Waals surface area contributed by atoms with Crippen LogP contribution in [0.15, 0.2) is 76.5 Å². The molecular weight excluding hydrogens is 368 g/mol. The number of hydrogen-bond acceptors (Lipinski definition) is 5. The van der Waals surface area contributed by atoms with Gasteiger partial charge in [-0.1, -0.05) is 42.5 Å². The van der Waals surface area contributed by atoms with Gasteiger partial charge >= 0.3 is 0 Å². The van der Waals surface area contributed by atoms with Crippen LogP contribution in [-0.2, 0) is 6.54 Å². The van der Waals surface area contributed by atoms with E-state index in [-0.39, 0.29) is 29.5 Å². The number of H-pyrrole nitrogens is 1. The number of aromatic amines is 1. The highest BCUT2D eigenvalue weighted by atomic mass is 16.3. The Hall–Kier alpha value is -4.06. The van der Waals surface area contributed by atoms with Crippen LogP contribution in [0.4, 0.5) is 0 Å². The summed E-state index contributed by atoms with van der Waals surface area (Å²) in [6.45, 7) is 0.228. The van der Waals surface area contributed by atoms with E-state index >= 15 is 0 Å². The SMILES string of the molecule is O=c1[nH]c(O)c(C=NCc2ccc(O)c(O)c2)c2cc(-c3ccccc3)ccc12. The molecule has 1 heterocycles. The summed E-state index contributed by atoms with van der Waals surface area (Å²) in [7, 11) is 0. The van der Waals surface area contributed by atoms with E-state index in [1.165, 1.54) is 18.3 Å². The Morgan fingerprint density at radius 2 is 1.62 bits per heavy atom. The minimum absolute atomic E-state index is 0.199. The van der Waals surface area contributed by atoms with E-state index in [1.807, 2.05) is 42.5 Å². The number of aliphatic imine (C=N–C) groups is 1. The minimum Gasteiger partial charge on any atom is -0.504 e. The third-order valence-electron chi connectivity index (χ3n) is 4.68. The molecule has 0 fully saturated rings. The fourth-order valence-electron chi connectivity index (χ4n) is 3.19. The monoisotopic (exact) mass is 386 g/mol. The molecule has 0 amide bonds. The lowest BCUT2D eigenvalue weighted by Crippen LogP contribution is -2.08. The molecule has 3 aromatic carbocycles. The van der Waals surface area contributed by atoms with E-state index in [4.69, 9.17) is 0 Å². The second-order valence-electron chi connectivity index (χ2n) is 6.64. The molecule has 0 radical (unpaired) electrons. The van der Waals surface area contributed by atoms with Crippen molar-refractivity contribution in [2.45, 2.75) is 6.54 Å². The topological polar surface area (TPSA) is 106 Å². The lowest BCUT2D eigenvalue weighted by atomic mass is 10.00. The summed E-state index contributed by atoms with van der Waals surface area (Å²) >= 11 is 0. The largest absolute Gasteiger partial charge is 0.504 e. The zero-order valence-corrected chi connectivity index (χ0v) is 15.3. The van der Waals surface area contributed by atoms with Crippen LogP contribution < -0.4 is 5.56 Å². The fraction of sp³-hybridized carbons (Fsp3) is 0.0435. The Bertz CT molecular complexity index is 1280. The van der Waals surface area contributed by atoms with Crippen LogP contribution in [0.2, 0.25) is 0 Å². The Balaban J connectivity index is 1.76. The number of pyridine rings is 1. The summed E-state index contributed by atoms with van der Waals surface area (Å²) in [5.41, 5.74) is 2.63. The summed E-state index contributed by atoms with van der Waals surface area (Å²) in [4.78, 5) is 19.0. The highest BCUT2D eigenvalue weighted by Crippen LogP contribution is 2.28. The number of rotatable bonds is 4. The molecule has 1 aromatic heterocycles. The number of aromatic hydroxyl groups is 3. The van der Waals surface area contributed by atoms with Crippen molar-refractivity contribution in [3.8, 4) is 28.5 Å². The van der Waals surface area contributed by atoms with E-state index in [2.05, 4.69) is 9.98 Å². The molecule has 0 saturated carbocycles. The van der Waals surface area contributed by atoms with E-state index in [1.54, 1.807) is 12.1 Å². The molecule has 4 rings (SSSR count). The molecule has 0 aliphatic carbocycles. The summed E-state index contributed by atoms with van der Waals surface area (Å²) in [6, 6.07) is 19.6. The van der Waals surface area contributed by atoms with E-state index in [9.17, 15) is 20.1 Å². The lowest BCUT2D eigenvalue weighted by Gasteiger charge is -2.08. The number of hydrogen-bond donors (Lipinski definition) is 4. The first-order valence-electron chi connectivity index (χ1n) is 8.98. The van der Waals surface area contributed by atoms with Gasteiger partial charge in [0.1, 0.15) is 0 Å². The van der Waals surface area contributed by atoms with Crippen molar-refractivity contribution >= 4 is 17.0 Å². The first-order chi connectivity index (χ1) is 14.0. The molecule has 0 unspecified atom stereocenters. The first-order valence-corrected chi connectivity index (χ1v) is 8.98. The van der Waals surface area contributed by atoms with Crippen LogP contribution in [0, 0.1) is 0 Å². The van der Waals surface area contributed by atoms with Crippen LogP contribution in [0.5, 0.6) is 17.4 Å². The maximum atomic E-state index is 12.3. The number of phenols is 2. The molecule has 29 heavy (non-hydrogen) atoms. The van der Waals surface area contributed by atoms with Crippen molar-refractivity contribution in [2.24, 2.45) is 4.99 Å². The molecule has 4 N–H and O–H groups in total. The molecule has 0 aliphatic heterocycles. The zero-order valence-electron chi connectivity index (χ0n) is 15.3. The molecule has 6 nitrogen and oxygen atoms in total. The third-order valence-corrected chi connectivity index (χ3v) is 4.68. The molecular formula is C23H18N2O4. The molecule has 0 bridgehead atoms. The van der Waals surface area contributed by atoms with Gasteiger partial charge in [-0.2, -0.15) is 0 Å². The number of nitrogens with one attached hydrogen (secondary N) is 1. The quantitative estimate of drug-likeness (QED) is 0.315. The van der Waals surface area contributed by atoms with Crippen molar-refractivity contribution in [3.63, 3.8) is 0 Å². The maximum Gasteiger partial charge on any atom is 0.258 e. The number of aromatic nitrogens is 1. The third kappa shape index (κ3) is 3.68. The summed E-state index contributed by atoms with van der Waals surface area (Å²) in [6.07, 6.45) is 1.49. The molecule has 0 saturated heterocycles. The summed E-state index contributed by atoms with van der Waals surface area (Å²) in [5, 5.41) is 30.3. The van der Waals surface area contributed by atoms with Gasteiger partial charge in [-0.3, -0.25) is 14.8 Å². The van der Waals surface area contributed by atoms with Gasteiger partial charge in [0.2, 0.25) is 5.88 Å². The number of nitrogens with zero attached hydrogens (tertiary/aromatic N) is 1. The molecule has 0 atom stereocenters. The Labute approximate surface area is 166 Å². The summed E-state index contributed by atoms with van der Waals surface area (Å²) in [5.74, 6) is -0.678. The average Bonchev–Trinajstić information content (AvgIpc) is 2.73. The van der Waals surface area contributed by atoms with Gasteiger partial charge in [0.05, 0.1) is 12.1 Å². The molecule has 0 aliphatic rings. The van der Waals surface area contributed by atoms with Gasteiger partial charge in [-0.15, -0.1) is 0 Å². The Morgan fingerprint density at radius 3 is 2.38 bits per heavy atom. The van der Waals surface area contributed by atoms with Gasteiger partial charge in [0, 0.05) is 17.0 Å². The number of benzene rings is 3. The Morgan fingerprint density at radius 1 is 0.828 bits per heavy atom. The van der Waals surface area contributed by atoms with Crippen molar-refractivity contribution in [1.29, 1.82) is 0 Å². The number of phenolic OH excluding ortho intramolecular Hbond substituents is 2. The molecule has 6 heteroatoms. The predicted octanol–water partition coefficient (Wildman–Crippen LogP) is 3.93. The van der Waals surface area contributed by atoms with Gasteiger partial charge in [-0.05, 0) is 41.0 Å². The minimum atomic E-state index is -0.377. The van der Waals surface area contributed by atoms with Crippen molar-refractivity contribution in [1.82, 2.24) is 4.98 Å². The van der Waals surface area contributed by atoms with Crippen LogP contribution >= 0.6 is 0 Å². The van der Waals surface area contributed by atoms with E-state index in [0.29, 0.717) is 21.9 Å². The smallest absolute Gasteiger partial charge is 0.258 e. The molecule has 144 valence electrons. The second-order valence-corrected chi connectivity index (χ2v) is 6.64. The predicted molar refractivity (Wildman–Crippen MR) is 113 cm³/mol. The first kappa shape index (κ1) is 18.3. The van der Waals surface area contributed by atoms with E-state index < -0.39 is 0 Å². The van der Waals surface area contributed by atoms with E-state index in [0.717, 1.165) is 11.1 Å². The Kier molecular flexibility index (Phi) is 4.75. The standard InChI is InChI=1S/C23H18N2O4/c26-20-9-6-14(10-21(20)27)12-24-13-19-18-11-16(15-4-2-1-3-5-15)7-8-17(18)22(28)25-23(19)29/h1-11,13,26-27H,12H2,(H2,25,28,29). The molecule has 0 spiro atoms. The van der Waals surface area contributed by atoms with Crippen LogP contribution in [0.1, 0.15) is 11.1 Å². The van der Waals surface area contributed by atoms with Gasteiger partial charge in [-0.25, -0.2) is 0 Å². The number of fused-ring (bicyclic) bond motifs is 1. The lowest BCUT2D eigenvalue weighted by molar-refractivity contribution is 0.403. The van der Waals surface area contributed by atoms with Gasteiger partial charge < -0.3 is 15.3 Å². The van der Waals surface area contributed by atoms with Crippen molar-refractivity contribution in [2.75, 3.05) is 0 Å². The maximum absolute atomic E-state index is 12.3. The van der Waals surface area contributed by atoms with Crippen LogP contribution in [0.25, 0.3) is 21.9 Å².